The molecule has 0 saturated heterocycles. The fourth-order valence-electron chi connectivity index (χ4n) is 1.60. The van der Waals surface area contributed by atoms with Gasteiger partial charge in [0.15, 0.2) is 0 Å². The predicted octanol–water partition coefficient (Wildman–Crippen LogP) is 4.60. The minimum atomic E-state index is 0.495. The monoisotopic (exact) mass is 246 g/mol. The quantitative estimate of drug-likeness (QED) is 0.801. The molecule has 0 saturated carbocycles. The molecule has 0 aliphatic heterocycles. The summed E-state index contributed by atoms with van der Waals surface area (Å²) < 4.78 is 0. The summed E-state index contributed by atoms with van der Waals surface area (Å²) in [4.78, 5) is 4.20. The van der Waals surface area contributed by atoms with Crippen LogP contribution in [0.3, 0.4) is 0 Å². The normalized spacial score (nSPS) is 10.6. The Morgan fingerprint density at radius 3 is 2.59 bits per heavy atom. The average Bonchev–Trinajstić information content (AvgIpc) is 2.29. The maximum Gasteiger partial charge on any atom is 0.132 e. The van der Waals surface area contributed by atoms with Gasteiger partial charge in [0.2, 0.25) is 0 Å². The van der Waals surface area contributed by atoms with E-state index in [0.717, 1.165) is 11.5 Å². The standard InChI is InChI=1S/C14H15ClN2/c1-10(2)11-5-3-6-12(9-11)16-14-8-4-7-13(15)17-14/h3-10H,1-2H3,(H,16,17). The molecule has 0 amide bonds. The summed E-state index contributed by atoms with van der Waals surface area (Å²) in [5.41, 5.74) is 2.34. The minimum Gasteiger partial charge on any atom is -0.340 e. The number of aromatic nitrogens is 1. The maximum atomic E-state index is 5.84. The van der Waals surface area contributed by atoms with Crippen LogP contribution in [0.25, 0.3) is 0 Å². The van der Waals surface area contributed by atoms with E-state index in [9.17, 15) is 0 Å². The van der Waals surface area contributed by atoms with E-state index in [-0.39, 0.29) is 0 Å². The van der Waals surface area contributed by atoms with Crippen molar-refractivity contribution in [3.05, 3.63) is 53.2 Å². The van der Waals surface area contributed by atoms with Gasteiger partial charge in [-0.15, -0.1) is 0 Å². The van der Waals surface area contributed by atoms with Crippen LogP contribution in [-0.2, 0) is 0 Å². The average molecular weight is 247 g/mol. The first-order valence-corrected chi connectivity index (χ1v) is 6.02. The van der Waals surface area contributed by atoms with Crippen LogP contribution >= 0.6 is 11.6 Å². The van der Waals surface area contributed by atoms with E-state index < -0.39 is 0 Å². The first-order valence-electron chi connectivity index (χ1n) is 5.64. The molecule has 17 heavy (non-hydrogen) atoms. The van der Waals surface area contributed by atoms with Gasteiger partial charge in [-0.1, -0.05) is 43.6 Å². The van der Waals surface area contributed by atoms with Crippen LogP contribution in [0.5, 0.6) is 0 Å². The summed E-state index contributed by atoms with van der Waals surface area (Å²) in [6.45, 7) is 4.35. The van der Waals surface area contributed by atoms with Crippen molar-refractivity contribution in [3.8, 4) is 0 Å². The van der Waals surface area contributed by atoms with Crippen LogP contribution in [0.2, 0.25) is 5.15 Å². The van der Waals surface area contributed by atoms with Gasteiger partial charge in [-0.2, -0.15) is 0 Å². The smallest absolute Gasteiger partial charge is 0.132 e. The van der Waals surface area contributed by atoms with Gasteiger partial charge in [0.05, 0.1) is 0 Å². The van der Waals surface area contributed by atoms with Gasteiger partial charge >= 0.3 is 0 Å². The topological polar surface area (TPSA) is 24.9 Å². The Hall–Kier alpha value is -1.54. The number of nitrogens with one attached hydrogen (secondary N) is 1. The van der Waals surface area contributed by atoms with E-state index in [0.29, 0.717) is 11.1 Å². The summed E-state index contributed by atoms with van der Waals surface area (Å²) in [6, 6.07) is 13.9. The molecule has 1 aromatic carbocycles. The molecule has 2 nitrogen and oxygen atoms in total. The van der Waals surface area contributed by atoms with Gasteiger partial charge in [0, 0.05) is 5.69 Å². The number of nitrogens with zero attached hydrogens (tertiary/aromatic N) is 1. The molecule has 88 valence electrons. The Kier molecular flexibility index (Phi) is 3.64. The highest BCUT2D eigenvalue weighted by Gasteiger charge is 2.01. The van der Waals surface area contributed by atoms with Crippen molar-refractivity contribution in [1.29, 1.82) is 0 Å². The number of hydrogen-bond acceptors (Lipinski definition) is 2. The molecule has 0 fully saturated rings. The van der Waals surface area contributed by atoms with Gasteiger partial charge in [-0.05, 0) is 35.7 Å². The summed E-state index contributed by atoms with van der Waals surface area (Å²) in [5, 5.41) is 3.74. The van der Waals surface area contributed by atoms with Crippen molar-refractivity contribution in [2.45, 2.75) is 19.8 Å². The van der Waals surface area contributed by atoms with E-state index in [2.05, 4.69) is 36.3 Å². The molecule has 1 heterocycles. The zero-order chi connectivity index (χ0) is 12.3. The third-order valence-corrected chi connectivity index (χ3v) is 2.75. The molecule has 0 spiro atoms. The number of halogens is 1. The molecule has 2 rings (SSSR count). The van der Waals surface area contributed by atoms with Gasteiger partial charge < -0.3 is 5.32 Å². The second-order valence-corrected chi connectivity index (χ2v) is 4.64. The summed E-state index contributed by atoms with van der Waals surface area (Å²) in [6.07, 6.45) is 0. The molecule has 1 N–H and O–H groups in total. The number of rotatable bonds is 3. The van der Waals surface area contributed by atoms with E-state index >= 15 is 0 Å². The van der Waals surface area contributed by atoms with Crippen LogP contribution in [0.1, 0.15) is 25.3 Å². The van der Waals surface area contributed by atoms with Crippen LogP contribution in [0.15, 0.2) is 42.5 Å². The van der Waals surface area contributed by atoms with Crippen LogP contribution in [-0.4, -0.2) is 4.98 Å². The molecule has 0 unspecified atom stereocenters. The summed E-state index contributed by atoms with van der Waals surface area (Å²) >= 11 is 5.84. The third-order valence-electron chi connectivity index (χ3n) is 2.54. The second kappa shape index (κ2) is 5.19. The van der Waals surface area contributed by atoms with Gasteiger partial charge in [0.1, 0.15) is 11.0 Å². The Labute approximate surface area is 107 Å². The molecule has 0 aliphatic carbocycles. The maximum absolute atomic E-state index is 5.84. The van der Waals surface area contributed by atoms with Crippen molar-refractivity contribution in [2.24, 2.45) is 0 Å². The zero-order valence-electron chi connectivity index (χ0n) is 9.94. The van der Waals surface area contributed by atoms with Crippen molar-refractivity contribution in [1.82, 2.24) is 4.98 Å². The van der Waals surface area contributed by atoms with Crippen molar-refractivity contribution >= 4 is 23.1 Å². The fraction of sp³-hybridized carbons (Fsp3) is 0.214. The number of hydrogen-bond donors (Lipinski definition) is 1. The van der Waals surface area contributed by atoms with Gasteiger partial charge in [-0.3, -0.25) is 0 Å². The Morgan fingerprint density at radius 2 is 1.88 bits per heavy atom. The highest BCUT2D eigenvalue weighted by atomic mass is 35.5. The lowest BCUT2D eigenvalue weighted by Crippen LogP contribution is -1.95. The summed E-state index contributed by atoms with van der Waals surface area (Å²) in [5.74, 6) is 1.28. The Balaban J connectivity index is 2.21. The molecule has 0 radical (unpaired) electrons. The van der Waals surface area contributed by atoms with Crippen molar-refractivity contribution in [2.75, 3.05) is 5.32 Å². The van der Waals surface area contributed by atoms with Gasteiger partial charge in [0.25, 0.3) is 0 Å². The second-order valence-electron chi connectivity index (χ2n) is 4.25. The predicted molar refractivity (Wildman–Crippen MR) is 73.1 cm³/mol. The first kappa shape index (κ1) is 11.9. The van der Waals surface area contributed by atoms with Crippen LogP contribution < -0.4 is 5.32 Å². The molecule has 3 heteroatoms. The lowest BCUT2D eigenvalue weighted by Gasteiger charge is -2.09. The van der Waals surface area contributed by atoms with Crippen molar-refractivity contribution in [3.63, 3.8) is 0 Å². The SMILES string of the molecule is CC(C)c1cccc(Nc2cccc(Cl)n2)c1. The molecule has 1 aromatic heterocycles. The van der Waals surface area contributed by atoms with E-state index in [1.54, 1.807) is 6.07 Å². The lowest BCUT2D eigenvalue weighted by molar-refractivity contribution is 0.867. The number of benzene rings is 1. The fourth-order valence-corrected chi connectivity index (χ4v) is 1.77. The molecule has 0 aliphatic rings. The zero-order valence-corrected chi connectivity index (χ0v) is 10.7. The van der Waals surface area contributed by atoms with E-state index in [4.69, 9.17) is 11.6 Å². The minimum absolute atomic E-state index is 0.495. The number of anilines is 2. The number of pyridine rings is 1. The third kappa shape index (κ3) is 3.21. The first-order chi connectivity index (χ1) is 8.15. The molecule has 0 atom stereocenters. The largest absolute Gasteiger partial charge is 0.340 e. The Morgan fingerprint density at radius 1 is 1.12 bits per heavy atom. The molecular weight excluding hydrogens is 232 g/mol. The summed E-state index contributed by atoms with van der Waals surface area (Å²) in [7, 11) is 0. The van der Waals surface area contributed by atoms with Crippen LogP contribution in [0, 0.1) is 0 Å². The van der Waals surface area contributed by atoms with Crippen molar-refractivity contribution < 1.29 is 0 Å². The molecule has 2 aromatic rings. The highest BCUT2D eigenvalue weighted by molar-refractivity contribution is 6.29. The van der Waals surface area contributed by atoms with Gasteiger partial charge in [-0.25, -0.2) is 4.98 Å². The van der Waals surface area contributed by atoms with Crippen LogP contribution in [0.4, 0.5) is 11.5 Å². The van der Waals surface area contributed by atoms with E-state index in [1.807, 2.05) is 24.3 Å². The Bertz CT molecular complexity index is 509. The molecule has 0 bridgehead atoms. The highest BCUT2D eigenvalue weighted by Crippen LogP contribution is 2.21. The lowest BCUT2D eigenvalue weighted by atomic mass is 10.0. The van der Waals surface area contributed by atoms with E-state index in [1.165, 1.54) is 5.56 Å². The molecular formula is C14H15ClN2.